The van der Waals surface area contributed by atoms with Crippen molar-refractivity contribution in [2.75, 3.05) is 19.6 Å². The van der Waals surface area contributed by atoms with E-state index in [9.17, 15) is 14.4 Å². The standard InChI is InChI=1S/C14H28N4O3.ClH/c1-4-14(15,5-2)10-18-13(21)7-6-12(20)17-9-8-16-11(3)19;/h4-10,15H2,1-3H3,(H,16,19)(H,17,20)(H,18,21);1H. The van der Waals surface area contributed by atoms with Crippen molar-refractivity contribution >= 4 is 30.1 Å². The molecule has 0 rings (SSSR count). The van der Waals surface area contributed by atoms with Gasteiger partial charge in [-0.3, -0.25) is 14.4 Å². The smallest absolute Gasteiger partial charge is 0.220 e. The van der Waals surface area contributed by atoms with Crippen LogP contribution in [0.3, 0.4) is 0 Å². The van der Waals surface area contributed by atoms with Crippen LogP contribution in [0.2, 0.25) is 0 Å². The van der Waals surface area contributed by atoms with Gasteiger partial charge in [0.25, 0.3) is 0 Å². The van der Waals surface area contributed by atoms with Gasteiger partial charge in [0, 0.05) is 44.9 Å². The van der Waals surface area contributed by atoms with Gasteiger partial charge in [0.15, 0.2) is 0 Å². The van der Waals surface area contributed by atoms with Crippen LogP contribution in [-0.4, -0.2) is 42.9 Å². The molecule has 130 valence electrons. The molecule has 0 saturated heterocycles. The Bertz CT molecular complexity index is 360. The van der Waals surface area contributed by atoms with Crippen molar-refractivity contribution < 1.29 is 14.4 Å². The summed E-state index contributed by atoms with van der Waals surface area (Å²) in [7, 11) is 0. The first-order chi connectivity index (χ1) is 9.83. The SMILES string of the molecule is CCC(N)(CC)CNC(=O)CCC(=O)NCCNC(C)=O.Cl. The Labute approximate surface area is 138 Å². The summed E-state index contributed by atoms with van der Waals surface area (Å²) in [6, 6.07) is 0. The number of amides is 3. The first-order valence-corrected chi connectivity index (χ1v) is 7.39. The molecule has 0 aromatic carbocycles. The third-order valence-electron chi connectivity index (χ3n) is 3.45. The number of nitrogens with one attached hydrogen (secondary N) is 3. The molecule has 0 aromatic rings. The van der Waals surface area contributed by atoms with Crippen LogP contribution in [-0.2, 0) is 14.4 Å². The third kappa shape index (κ3) is 11.3. The van der Waals surface area contributed by atoms with Gasteiger partial charge < -0.3 is 21.7 Å². The molecule has 0 saturated carbocycles. The highest BCUT2D eigenvalue weighted by atomic mass is 35.5. The molecule has 0 aliphatic rings. The van der Waals surface area contributed by atoms with Gasteiger partial charge in [0.05, 0.1) is 0 Å². The summed E-state index contributed by atoms with van der Waals surface area (Å²) >= 11 is 0. The fraction of sp³-hybridized carbons (Fsp3) is 0.786. The van der Waals surface area contributed by atoms with Crippen LogP contribution in [0.5, 0.6) is 0 Å². The molecular weight excluding hydrogens is 308 g/mol. The minimum atomic E-state index is -0.379. The lowest BCUT2D eigenvalue weighted by Gasteiger charge is -2.26. The number of hydrogen-bond donors (Lipinski definition) is 4. The summed E-state index contributed by atoms with van der Waals surface area (Å²) in [6.07, 6.45) is 1.83. The Morgan fingerprint density at radius 2 is 1.36 bits per heavy atom. The Balaban J connectivity index is 0. The minimum Gasteiger partial charge on any atom is -0.355 e. The molecule has 0 atom stereocenters. The van der Waals surface area contributed by atoms with Crippen molar-refractivity contribution in [1.82, 2.24) is 16.0 Å². The largest absolute Gasteiger partial charge is 0.355 e. The van der Waals surface area contributed by atoms with Crippen molar-refractivity contribution in [2.45, 2.75) is 52.0 Å². The van der Waals surface area contributed by atoms with Gasteiger partial charge in [-0.2, -0.15) is 0 Å². The number of halogens is 1. The molecule has 0 spiro atoms. The predicted octanol–water partition coefficient (Wildman–Crippen LogP) is 0.0744. The van der Waals surface area contributed by atoms with E-state index in [1.54, 1.807) is 0 Å². The Morgan fingerprint density at radius 3 is 1.82 bits per heavy atom. The zero-order valence-electron chi connectivity index (χ0n) is 13.7. The lowest BCUT2D eigenvalue weighted by molar-refractivity contribution is -0.126. The maximum absolute atomic E-state index is 11.6. The number of carbonyl (C=O) groups excluding carboxylic acids is 3. The molecule has 3 amide bonds. The molecule has 0 aliphatic heterocycles. The highest BCUT2D eigenvalue weighted by Gasteiger charge is 2.20. The lowest BCUT2D eigenvalue weighted by Crippen LogP contribution is -2.49. The molecule has 0 heterocycles. The highest BCUT2D eigenvalue weighted by Crippen LogP contribution is 2.09. The molecule has 0 bridgehead atoms. The van der Waals surface area contributed by atoms with Gasteiger partial charge in [-0.25, -0.2) is 0 Å². The molecule has 0 fully saturated rings. The third-order valence-corrected chi connectivity index (χ3v) is 3.45. The van der Waals surface area contributed by atoms with Gasteiger partial charge in [-0.05, 0) is 12.8 Å². The molecule has 0 radical (unpaired) electrons. The van der Waals surface area contributed by atoms with E-state index in [4.69, 9.17) is 5.73 Å². The molecule has 8 heteroatoms. The van der Waals surface area contributed by atoms with Gasteiger partial charge in [-0.1, -0.05) is 13.8 Å². The maximum Gasteiger partial charge on any atom is 0.220 e. The first-order valence-electron chi connectivity index (χ1n) is 7.39. The van der Waals surface area contributed by atoms with Crippen LogP contribution >= 0.6 is 12.4 Å². The fourth-order valence-electron chi connectivity index (χ4n) is 1.62. The summed E-state index contributed by atoms with van der Waals surface area (Å²) in [4.78, 5) is 33.7. The van der Waals surface area contributed by atoms with Crippen LogP contribution < -0.4 is 21.7 Å². The van der Waals surface area contributed by atoms with Gasteiger partial charge >= 0.3 is 0 Å². The Kier molecular flexibility index (Phi) is 12.7. The topological polar surface area (TPSA) is 113 Å². The van der Waals surface area contributed by atoms with Crippen molar-refractivity contribution in [3.05, 3.63) is 0 Å². The maximum atomic E-state index is 11.6. The van der Waals surface area contributed by atoms with E-state index in [0.29, 0.717) is 19.6 Å². The molecule has 0 unspecified atom stereocenters. The molecule has 22 heavy (non-hydrogen) atoms. The summed E-state index contributed by atoms with van der Waals surface area (Å²) in [5.41, 5.74) is 5.70. The van der Waals surface area contributed by atoms with Crippen LogP contribution in [0.1, 0.15) is 46.5 Å². The Hall–Kier alpha value is -1.34. The highest BCUT2D eigenvalue weighted by molar-refractivity contribution is 5.85. The molecule has 0 aliphatic carbocycles. The normalized spacial score (nSPS) is 10.4. The van der Waals surface area contributed by atoms with Crippen molar-refractivity contribution in [2.24, 2.45) is 5.73 Å². The molecule has 5 N–H and O–H groups in total. The van der Waals surface area contributed by atoms with Gasteiger partial charge in [0.2, 0.25) is 17.7 Å². The minimum absolute atomic E-state index is 0. The van der Waals surface area contributed by atoms with Crippen LogP contribution in [0.15, 0.2) is 0 Å². The predicted molar refractivity (Wildman–Crippen MR) is 88.7 cm³/mol. The van der Waals surface area contributed by atoms with Crippen LogP contribution in [0.25, 0.3) is 0 Å². The van der Waals surface area contributed by atoms with Gasteiger partial charge in [0.1, 0.15) is 0 Å². The number of rotatable bonds is 10. The van der Waals surface area contributed by atoms with E-state index in [1.807, 2.05) is 13.8 Å². The number of carbonyl (C=O) groups is 3. The average Bonchev–Trinajstić information content (AvgIpc) is 2.46. The van der Waals surface area contributed by atoms with E-state index < -0.39 is 0 Å². The Morgan fingerprint density at radius 1 is 0.909 bits per heavy atom. The zero-order valence-corrected chi connectivity index (χ0v) is 14.5. The van der Waals surface area contributed by atoms with E-state index in [1.165, 1.54) is 6.92 Å². The number of nitrogens with two attached hydrogens (primary N) is 1. The van der Waals surface area contributed by atoms with Crippen LogP contribution in [0, 0.1) is 0 Å². The van der Waals surface area contributed by atoms with E-state index in [-0.39, 0.29) is 48.5 Å². The molecule has 0 aromatic heterocycles. The summed E-state index contributed by atoms with van der Waals surface area (Å²) in [5.74, 6) is -0.523. The second-order valence-corrected chi connectivity index (χ2v) is 5.18. The lowest BCUT2D eigenvalue weighted by atomic mass is 9.94. The second kappa shape index (κ2) is 12.2. The van der Waals surface area contributed by atoms with Crippen molar-refractivity contribution in [3.8, 4) is 0 Å². The van der Waals surface area contributed by atoms with Gasteiger partial charge in [-0.15, -0.1) is 12.4 Å². The van der Waals surface area contributed by atoms with Crippen molar-refractivity contribution in [1.29, 1.82) is 0 Å². The summed E-state index contributed by atoms with van der Waals surface area (Å²) < 4.78 is 0. The zero-order chi connectivity index (χ0) is 16.3. The van der Waals surface area contributed by atoms with E-state index >= 15 is 0 Å². The van der Waals surface area contributed by atoms with E-state index in [2.05, 4.69) is 16.0 Å². The average molecular weight is 337 g/mol. The first kappa shape index (κ1) is 22.9. The quantitative estimate of drug-likeness (QED) is 0.423. The summed E-state index contributed by atoms with van der Waals surface area (Å²) in [6.45, 7) is 6.54. The van der Waals surface area contributed by atoms with E-state index in [0.717, 1.165) is 12.8 Å². The fourth-order valence-corrected chi connectivity index (χ4v) is 1.62. The second-order valence-electron chi connectivity index (χ2n) is 5.18. The van der Waals surface area contributed by atoms with Crippen LogP contribution in [0.4, 0.5) is 0 Å². The molecule has 7 nitrogen and oxygen atoms in total. The number of hydrogen-bond acceptors (Lipinski definition) is 4. The monoisotopic (exact) mass is 336 g/mol. The summed E-state index contributed by atoms with van der Waals surface area (Å²) in [5, 5.41) is 7.96. The van der Waals surface area contributed by atoms with Crippen molar-refractivity contribution in [3.63, 3.8) is 0 Å². The molecular formula is C14H29ClN4O3.